The van der Waals surface area contributed by atoms with Crippen LogP contribution in [0.3, 0.4) is 0 Å². The molecule has 5 nitrogen and oxygen atoms in total. The molecule has 5 heteroatoms. The van der Waals surface area contributed by atoms with E-state index in [0.29, 0.717) is 28.7 Å². The predicted octanol–water partition coefficient (Wildman–Crippen LogP) is 2.58. The zero-order valence-electron chi connectivity index (χ0n) is 13.1. The van der Waals surface area contributed by atoms with Crippen molar-refractivity contribution in [2.75, 3.05) is 34.4 Å². The minimum absolute atomic E-state index is 0.0145. The molecule has 2 rings (SSSR count). The van der Waals surface area contributed by atoms with Gasteiger partial charge in [0.15, 0.2) is 11.5 Å². The van der Waals surface area contributed by atoms with Crippen LogP contribution >= 0.6 is 0 Å². The van der Waals surface area contributed by atoms with E-state index in [1.807, 2.05) is 4.90 Å². The minimum atomic E-state index is -0.0145. The highest BCUT2D eigenvalue weighted by molar-refractivity contribution is 5.98. The maximum atomic E-state index is 12.7. The number of nitrogens with zero attached hydrogens (tertiary/aromatic N) is 1. The second-order valence-corrected chi connectivity index (χ2v) is 5.38. The molecule has 0 aliphatic carbocycles. The van der Waals surface area contributed by atoms with Crippen molar-refractivity contribution in [1.82, 2.24) is 4.90 Å². The van der Waals surface area contributed by atoms with Crippen LogP contribution in [0.2, 0.25) is 0 Å². The normalized spacial score (nSPS) is 18.3. The number of rotatable bonds is 4. The quantitative estimate of drug-likeness (QED) is 0.856. The number of carbonyl (C=O) groups excluding carboxylic acids is 1. The molecule has 0 bridgehead atoms. The third kappa shape index (κ3) is 3.06. The minimum Gasteiger partial charge on any atom is -0.493 e. The summed E-state index contributed by atoms with van der Waals surface area (Å²) < 4.78 is 16.0. The summed E-state index contributed by atoms with van der Waals surface area (Å²) in [6.45, 7) is 3.75. The van der Waals surface area contributed by atoms with Gasteiger partial charge >= 0.3 is 0 Å². The van der Waals surface area contributed by atoms with Crippen LogP contribution in [0.5, 0.6) is 17.2 Å². The molecule has 0 aromatic heterocycles. The zero-order chi connectivity index (χ0) is 15.4. The highest BCUT2D eigenvalue weighted by atomic mass is 16.5. The van der Waals surface area contributed by atoms with Crippen molar-refractivity contribution in [3.63, 3.8) is 0 Å². The van der Waals surface area contributed by atoms with Gasteiger partial charge in [-0.25, -0.2) is 0 Å². The van der Waals surface area contributed by atoms with Crippen molar-refractivity contribution in [1.29, 1.82) is 0 Å². The average Bonchev–Trinajstić information content (AvgIpc) is 2.52. The number of benzene rings is 1. The fourth-order valence-corrected chi connectivity index (χ4v) is 2.81. The molecule has 1 aliphatic rings. The number of ether oxygens (including phenoxy) is 3. The lowest BCUT2D eigenvalue weighted by atomic mass is 9.99. The van der Waals surface area contributed by atoms with Crippen LogP contribution in [0.1, 0.15) is 30.1 Å². The molecule has 1 aromatic rings. The zero-order valence-corrected chi connectivity index (χ0v) is 13.1. The van der Waals surface area contributed by atoms with Crippen LogP contribution in [0.15, 0.2) is 12.1 Å². The molecule has 1 fully saturated rings. The molecule has 1 heterocycles. The molecule has 1 aliphatic heterocycles. The highest BCUT2D eigenvalue weighted by Crippen LogP contribution is 2.40. The smallest absolute Gasteiger partial charge is 0.257 e. The summed E-state index contributed by atoms with van der Waals surface area (Å²) in [4.78, 5) is 14.6. The lowest BCUT2D eigenvalue weighted by molar-refractivity contribution is 0.0679. The van der Waals surface area contributed by atoms with Crippen molar-refractivity contribution in [2.24, 2.45) is 5.92 Å². The number of amides is 1. The van der Waals surface area contributed by atoms with Crippen molar-refractivity contribution < 1.29 is 19.0 Å². The van der Waals surface area contributed by atoms with Crippen LogP contribution in [0.4, 0.5) is 0 Å². The third-order valence-corrected chi connectivity index (χ3v) is 3.88. The van der Waals surface area contributed by atoms with E-state index in [4.69, 9.17) is 14.2 Å². The number of likely N-dealkylation sites (tertiary alicyclic amines) is 1. The van der Waals surface area contributed by atoms with Gasteiger partial charge in [0.2, 0.25) is 5.75 Å². The molecular weight excluding hydrogens is 270 g/mol. The van der Waals surface area contributed by atoms with E-state index in [1.165, 1.54) is 20.6 Å². The Labute approximate surface area is 125 Å². The van der Waals surface area contributed by atoms with Gasteiger partial charge in [0.1, 0.15) is 0 Å². The van der Waals surface area contributed by atoms with Crippen molar-refractivity contribution in [3.8, 4) is 17.2 Å². The van der Waals surface area contributed by atoms with E-state index in [-0.39, 0.29) is 5.91 Å². The van der Waals surface area contributed by atoms with Crippen LogP contribution in [0, 0.1) is 5.92 Å². The maximum Gasteiger partial charge on any atom is 0.257 e. The molecule has 1 amide bonds. The Morgan fingerprint density at radius 2 is 1.86 bits per heavy atom. The third-order valence-electron chi connectivity index (χ3n) is 3.88. The highest BCUT2D eigenvalue weighted by Gasteiger charge is 2.27. The monoisotopic (exact) mass is 293 g/mol. The largest absolute Gasteiger partial charge is 0.493 e. The van der Waals surface area contributed by atoms with E-state index in [9.17, 15) is 4.79 Å². The molecule has 21 heavy (non-hydrogen) atoms. The van der Waals surface area contributed by atoms with E-state index in [2.05, 4.69) is 6.92 Å². The Bertz CT molecular complexity index is 515. The van der Waals surface area contributed by atoms with Gasteiger partial charge < -0.3 is 19.1 Å². The summed E-state index contributed by atoms with van der Waals surface area (Å²) in [5, 5.41) is 0. The summed E-state index contributed by atoms with van der Waals surface area (Å²) in [6, 6.07) is 3.48. The van der Waals surface area contributed by atoms with Gasteiger partial charge in [-0.2, -0.15) is 0 Å². The van der Waals surface area contributed by atoms with E-state index in [1.54, 1.807) is 19.2 Å². The van der Waals surface area contributed by atoms with Crippen LogP contribution in [0.25, 0.3) is 0 Å². The maximum absolute atomic E-state index is 12.7. The molecule has 116 valence electrons. The molecular formula is C16H23NO4. The summed E-state index contributed by atoms with van der Waals surface area (Å²) in [5.41, 5.74) is 0.518. The number of carbonyl (C=O) groups is 1. The number of methoxy groups -OCH3 is 3. The van der Waals surface area contributed by atoms with Crippen molar-refractivity contribution >= 4 is 5.91 Å². The summed E-state index contributed by atoms with van der Waals surface area (Å²) >= 11 is 0. The Kier molecular flexibility index (Phi) is 4.94. The molecule has 0 N–H and O–H groups in total. The van der Waals surface area contributed by atoms with Crippen molar-refractivity contribution in [2.45, 2.75) is 19.8 Å². The summed E-state index contributed by atoms with van der Waals surface area (Å²) in [7, 11) is 4.63. The first-order valence-electron chi connectivity index (χ1n) is 7.20. The van der Waals surface area contributed by atoms with E-state index >= 15 is 0 Å². The molecule has 1 aromatic carbocycles. The Morgan fingerprint density at radius 3 is 2.43 bits per heavy atom. The van der Waals surface area contributed by atoms with Crippen LogP contribution in [-0.4, -0.2) is 45.2 Å². The van der Waals surface area contributed by atoms with Crippen LogP contribution < -0.4 is 14.2 Å². The summed E-state index contributed by atoms with van der Waals surface area (Å²) in [5.74, 6) is 1.96. The molecule has 1 atom stereocenters. The molecule has 1 unspecified atom stereocenters. The van der Waals surface area contributed by atoms with Gasteiger partial charge in [0, 0.05) is 13.1 Å². The number of hydrogen-bond donors (Lipinski definition) is 0. The molecule has 0 radical (unpaired) electrons. The Morgan fingerprint density at radius 1 is 1.14 bits per heavy atom. The average molecular weight is 293 g/mol. The standard InChI is InChI=1S/C16H23NO4/c1-11-6-5-9-17(10-11)16(18)12-7-8-13(19-2)15(21-4)14(12)20-3/h7-8,11H,5-6,9-10H2,1-4H3. The molecule has 1 saturated heterocycles. The first-order chi connectivity index (χ1) is 10.1. The second kappa shape index (κ2) is 6.70. The predicted molar refractivity (Wildman–Crippen MR) is 80.4 cm³/mol. The van der Waals surface area contributed by atoms with Crippen LogP contribution in [-0.2, 0) is 0 Å². The summed E-state index contributed by atoms with van der Waals surface area (Å²) in [6.07, 6.45) is 2.22. The SMILES string of the molecule is COc1ccc(C(=O)N2CCCC(C)C2)c(OC)c1OC. The Hall–Kier alpha value is -1.91. The lowest BCUT2D eigenvalue weighted by Gasteiger charge is -2.31. The topological polar surface area (TPSA) is 48.0 Å². The van der Waals surface area contributed by atoms with Gasteiger partial charge in [-0.3, -0.25) is 4.79 Å². The van der Waals surface area contributed by atoms with E-state index in [0.717, 1.165) is 19.5 Å². The lowest BCUT2D eigenvalue weighted by Crippen LogP contribution is -2.39. The number of hydrogen-bond acceptors (Lipinski definition) is 4. The van der Waals surface area contributed by atoms with Gasteiger partial charge in [-0.05, 0) is 30.9 Å². The fourth-order valence-electron chi connectivity index (χ4n) is 2.81. The molecule has 0 saturated carbocycles. The second-order valence-electron chi connectivity index (χ2n) is 5.38. The van der Waals surface area contributed by atoms with Gasteiger partial charge in [0.25, 0.3) is 5.91 Å². The van der Waals surface area contributed by atoms with Gasteiger partial charge in [-0.1, -0.05) is 6.92 Å². The van der Waals surface area contributed by atoms with Gasteiger partial charge in [0.05, 0.1) is 26.9 Å². The van der Waals surface area contributed by atoms with Gasteiger partial charge in [-0.15, -0.1) is 0 Å². The number of piperidine rings is 1. The van der Waals surface area contributed by atoms with Crippen molar-refractivity contribution in [3.05, 3.63) is 17.7 Å². The molecule has 0 spiro atoms. The first kappa shape index (κ1) is 15.5. The Balaban J connectivity index is 2.36. The fraction of sp³-hybridized carbons (Fsp3) is 0.562. The first-order valence-corrected chi connectivity index (χ1v) is 7.20. The van der Waals surface area contributed by atoms with E-state index < -0.39 is 0 Å².